The second kappa shape index (κ2) is 4.87. The first-order valence-corrected chi connectivity index (χ1v) is 7.14. The summed E-state index contributed by atoms with van der Waals surface area (Å²) in [6, 6.07) is 0.672. The largest absolute Gasteiger partial charge is 0.329 e. The van der Waals surface area contributed by atoms with Gasteiger partial charge >= 0.3 is 0 Å². The standard InChI is InChI=1S/C14H29N3/c1-11(2)13-7-14(8-13,10-15)17-6-5-16(4)12(3)9-17/h11-13H,5-10,15H2,1-4H3. The van der Waals surface area contributed by atoms with Crippen LogP contribution in [0.3, 0.4) is 0 Å². The van der Waals surface area contributed by atoms with Gasteiger partial charge < -0.3 is 10.6 Å². The van der Waals surface area contributed by atoms with Crippen molar-refractivity contribution < 1.29 is 0 Å². The van der Waals surface area contributed by atoms with Gasteiger partial charge in [0.05, 0.1) is 0 Å². The number of hydrogen-bond donors (Lipinski definition) is 1. The van der Waals surface area contributed by atoms with Crippen LogP contribution in [0, 0.1) is 11.8 Å². The summed E-state index contributed by atoms with van der Waals surface area (Å²) in [5, 5.41) is 0. The smallest absolute Gasteiger partial charge is 0.0338 e. The van der Waals surface area contributed by atoms with Gasteiger partial charge in [0.1, 0.15) is 0 Å². The van der Waals surface area contributed by atoms with Crippen LogP contribution < -0.4 is 5.73 Å². The summed E-state index contributed by atoms with van der Waals surface area (Å²) in [4.78, 5) is 5.13. The van der Waals surface area contributed by atoms with Gasteiger partial charge in [-0.05, 0) is 38.6 Å². The van der Waals surface area contributed by atoms with Crippen LogP contribution in [0.5, 0.6) is 0 Å². The third-order valence-electron chi connectivity index (χ3n) is 5.24. The fourth-order valence-corrected chi connectivity index (χ4v) is 3.42. The number of nitrogens with two attached hydrogens (primary N) is 1. The van der Waals surface area contributed by atoms with Crippen molar-refractivity contribution in [2.45, 2.75) is 45.2 Å². The molecule has 1 aliphatic heterocycles. The summed E-state index contributed by atoms with van der Waals surface area (Å²) < 4.78 is 0. The number of nitrogens with zero attached hydrogens (tertiary/aromatic N) is 2. The Bertz CT molecular complexity index is 258. The van der Waals surface area contributed by atoms with E-state index < -0.39 is 0 Å². The molecule has 0 spiro atoms. The first-order chi connectivity index (χ1) is 7.98. The van der Waals surface area contributed by atoms with E-state index in [1.54, 1.807) is 0 Å². The lowest BCUT2D eigenvalue weighted by molar-refractivity contribution is -0.0658. The maximum absolute atomic E-state index is 6.09. The van der Waals surface area contributed by atoms with Gasteiger partial charge in [-0.1, -0.05) is 13.8 Å². The van der Waals surface area contributed by atoms with Gasteiger partial charge in [-0.2, -0.15) is 0 Å². The molecule has 1 saturated heterocycles. The van der Waals surface area contributed by atoms with Crippen LogP contribution in [-0.4, -0.2) is 54.6 Å². The number of piperazine rings is 1. The topological polar surface area (TPSA) is 32.5 Å². The number of hydrogen-bond acceptors (Lipinski definition) is 3. The average molecular weight is 239 g/mol. The molecule has 0 radical (unpaired) electrons. The maximum atomic E-state index is 6.09. The van der Waals surface area contributed by atoms with E-state index in [9.17, 15) is 0 Å². The van der Waals surface area contributed by atoms with E-state index in [0.29, 0.717) is 11.6 Å². The zero-order valence-corrected chi connectivity index (χ0v) is 11.9. The summed E-state index contributed by atoms with van der Waals surface area (Å²) >= 11 is 0. The van der Waals surface area contributed by atoms with E-state index in [-0.39, 0.29) is 0 Å². The minimum Gasteiger partial charge on any atom is -0.329 e. The molecule has 3 heteroatoms. The van der Waals surface area contributed by atoms with E-state index in [4.69, 9.17) is 5.73 Å². The predicted octanol–water partition coefficient (Wildman–Crippen LogP) is 1.39. The van der Waals surface area contributed by atoms with Gasteiger partial charge in [-0.3, -0.25) is 4.90 Å². The van der Waals surface area contributed by atoms with Crippen LogP contribution in [0.15, 0.2) is 0 Å². The number of likely N-dealkylation sites (N-methyl/N-ethyl adjacent to an activating group) is 1. The lowest BCUT2D eigenvalue weighted by Gasteiger charge is -2.58. The average Bonchev–Trinajstić information content (AvgIpc) is 2.22. The first kappa shape index (κ1) is 13.3. The summed E-state index contributed by atoms with van der Waals surface area (Å²) in [5.74, 6) is 1.72. The normalized spacial score (nSPS) is 40.6. The van der Waals surface area contributed by atoms with Gasteiger partial charge in [-0.15, -0.1) is 0 Å². The molecule has 2 aliphatic rings. The van der Waals surface area contributed by atoms with Crippen LogP contribution in [-0.2, 0) is 0 Å². The molecule has 2 rings (SSSR count). The lowest BCUT2D eigenvalue weighted by Crippen LogP contribution is -2.67. The van der Waals surface area contributed by atoms with Crippen LogP contribution in [0.4, 0.5) is 0 Å². The van der Waals surface area contributed by atoms with Crippen LogP contribution in [0.1, 0.15) is 33.6 Å². The van der Waals surface area contributed by atoms with E-state index in [2.05, 4.69) is 37.6 Å². The maximum Gasteiger partial charge on any atom is 0.0338 e. The Morgan fingerprint density at radius 2 is 1.94 bits per heavy atom. The Kier molecular flexibility index (Phi) is 3.81. The first-order valence-electron chi connectivity index (χ1n) is 7.14. The molecule has 3 nitrogen and oxygen atoms in total. The molecule has 1 saturated carbocycles. The van der Waals surface area contributed by atoms with Crippen LogP contribution in [0.25, 0.3) is 0 Å². The molecule has 1 unspecified atom stereocenters. The van der Waals surface area contributed by atoms with Crippen molar-refractivity contribution >= 4 is 0 Å². The fraction of sp³-hybridized carbons (Fsp3) is 1.00. The van der Waals surface area contributed by atoms with Crippen molar-refractivity contribution in [1.29, 1.82) is 0 Å². The summed E-state index contributed by atoms with van der Waals surface area (Å²) in [5.41, 5.74) is 6.42. The van der Waals surface area contributed by atoms with E-state index >= 15 is 0 Å². The molecule has 0 aromatic rings. The van der Waals surface area contributed by atoms with Gasteiger partial charge in [0.25, 0.3) is 0 Å². The van der Waals surface area contributed by atoms with E-state index in [0.717, 1.165) is 18.4 Å². The highest BCUT2D eigenvalue weighted by molar-refractivity contribution is 5.05. The van der Waals surface area contributed by atoms with E-state index in [1.807, 2.05) is 0 Å². The zero-order valence-electron chi connectivity index (χ0n) is 11.9. The van der Waals surface area contributed by atoms with Gasteiger partial charge in [-0.25, -0.2) is 0 Å². The molecule has 2 N–H and O–H groups in total. The van der Waals surface area contributed by atoms with Gasteiger partial charge in [0.2, 0.25) is 0 Å². The Labute approximate surface area is 106 Å². The third kappa shape index (κ3) is 2.38. The molecule has 17 heavy (non-hydrogen) atoms. The molecule has 0 aromatic heterocycles. The van der Waals surface area contributed by atoms with E-state index in [1.165, 1.54) is 32.5 Å². The molecule has 0 aromatic carbocycles. The molecular weight excluding hydrogens is 210 g/mol. The Hall–Kier alpha value is -0.120. The van der Waals surface area contributed by atoms with Crippen molar-refractivity contribution in [3.63, 3.8) is 0 Å². The zero-order chi connectivity index (χ0) is 12.6. The predicted molar refractivity (Wildman–Crippen MR) is 73.0 cm³/mol. The van der Waals surface area contributed by atoms with Crippen molar-refractivity contribution in [2.75, 3.05) is 33.2 Å². The Morgan fingerprint density at radius 1 is 1.29 bits per heavy atom. The molecule has 100 valence electrons. The number of rotatable bonds is 3. The minimum atomic E-state index is 0.338. The van der Waals surface area contributed by atoms with Crippen LogP contribution in [0.2, 0.25) is 0 Å². The molecule has 2 fully saturated rings. The summed E-state index contributed by atoms with van der Waals surface area (Å²) in [6.45, 7) is 11.4. The molecule has 1 atom stereocenters. The van der Waals surface area contributed by atoms with Gasteiger partial charge in [0, 0.05) is 37.8 Å². The van der Waals surface area contributed by atoms with Crippen molar-refractivity contribution in [1.82, 2.24) is 9.80 Å². The summed E-state index contributed by atoms with van der Waals surface area (Å²) in [7, 11) is 2.23. The second-order valence-electron chi connectivity index (χ2n) is 6.62. The van der Waals surface area contributed by atoms with Gasteiger partial charge in [0.15, 0.2) is 0 Å². The van der Waals surface area contributed by atoms with Crippen molar-refractivity contribution in [3.05, 3.63) is 0 Å². The Balaban J connectivity index is 1.96. The van der Waals surface area contributed by atoms with Crippen molar-refractivity contribution in [2.24, 2.45) is 17.6 Å². The molecular formula is C14H29N3. The third-order valence-corrected chi connectivity index (χ3v) is 5.24. The second-order valence-corrected chi connectivity index (χ2v) is 6.62. The highest BCUT2D eigenvalue weighted by atomic mass is 15.3. The highest BCUT2D eigenvalue weighted by Crippen LogP contribution is 2.45. The fourth-order valence-electron chi connectivity index (χ4n) is 3.42. The van der Waals surface area contributed by atoms with Crippen molar-refractivity contribution in [3.8, 4) is 0 Å². The molecule has 1 aliphatic carbocycles. The lowest BCUT2D eigenvalue weighted by atomic mass is 9.63. The van der Waals surface area contributed by atoms with Crippen LogP contribution >= 0.6 is 0 Å². The highest BCUT2D eigenvalue weighted by Gasteiger charge is 2.49. The SMILES string of the molecule is CC(C)C1CC(CN)(N2CCN(C)C(C)C2)C1. The quantitative estimate of drug-likeness (QED) is 0.808. The molecule has 0 amide bonds. The Morgan fingerprint density at radius 3 is 2.41 bits per heavy atom. The molecule has 0 bridgehead atoms. The minimum absolute atomic E-state index is 0.338. The monoisotopic (exact) mass is 239 g/mol. The summed E-state index contributed by atoms with van der Waals surface area (Å²) in [6.07, 6.45) is 2.63. The molecule has 1 heterocycles.